The van der Waals surface area contributed by atoms with E-state index in [9.17, 15) is 4.79 Å². The van der Waals surface area contributed by atoms with Crippen LogP contribution in [0.4, 0.5) is 0 Å². The van der Waals surface area contributed by atoms with Crippen molar-refractivity contribution >= 4 is 5.97 Å². The van der Waals surface area contributed by atoms with Crippen molar-refractivity contribution in [1.29, 1.82) is 0 Å². The largest absolute Gasteiger partial charge is 0.490 e. The summed E-state index contributed by atoms with van der Waals surface area (Å²) in [4.78, 5) is 10.7. The summed E-state index contributed by atoms with van der Waals surface area (Å²) >= 11 is 0. The Balaban J connectivity index is 2.35. The van der Waals surface area contributed by atoms with Gasteiger partial charge in [-0.05, 0) is 19.9 Å². The molecular weight excluding hydrogens is 192 g/mol. The van der Waals surface area contributed by atoms with E-state index in [0.29, 0.717) is 0 Å². The number of fused-ring (bicyclic) bond motifs is 1. The summed E-state index contributed by atoms with van der Waals surface area (Å²) in [6.07, 6.45) is 0.0929. The molecule has 80 valence electrons. The van der Waals surface area contributed by atoms with E-state index in [4.69, 9.17) is 9.84 Å². The number of carboxylic acids is 1. The molecule has 0 spiro atoms. The van der Waals surface area contributed by atoms with Gasteiger partial charge in [0.1, 0.15) is 11.9 Å². The van der Waals surface area contributed by atoms with Crippen molar-refractivity contribution in [2.45, 2.75) is 32.3 Å². The first-order valence-corrected chi connectivity index (χ1v) is 5.07. The average molecular weight is 206 g/mol. The summed E-state index contributed by atoms with van der Waals surface area (Å²) in [7, 11) is 0. The van der Waals surface area contributed by atoms with E-state index in [1.54, 1.807) is 0 Å². The van der Waals surface area contributed by atoms with Crippen molar-refractivity contribution in [2.75, 3.05) is 0 Å². The first-order chi connectivity index (χ1) is 7.08. The van der Waals surface area contributed by atoms with E-state index >= 15 is 0 Å². The molecule has 0 amide bonds. The van der Waals surface area contributed by atoms with Crippen molar-refractivity contribution in [3.8, 4) is 5.75 Å². The number of ether oxygens (including phenoxy) is 1. The zero-order valence-corrected chi connectivity index (χ0v) is 8.86. The van der Waals surface area contributed by atoms with E-state index < -0.39 is 5.97 Å². The van der Waals surface area contributed by atoms with Crippen LogP contribution in [0.5, 0.6) is 5.75 Å². The maximum Gasteiger partial charge on any atom is 0.304 e. The molecule has 0 saturated heterocycles. The van der Waals surface area contributed by atoms with Crippen LogP contribution in [0.15, 0.2) is 18.2 Å². The van der Waals surface area contributed by atoms with Gasteiger partial charge in [0.2, 0.25) is 0 Å². The standard InChI is InChI=1S/C12H14O3/c1-7-3-4-11-10(5-7)9(6-12(13)14)8(2)15-11/h3-5,8-9H,6H2,1-2H3,(H,13,14). The Morgan fingerprint density at radius 2 is 2.27 bits per heavy atom. The van der Waals surface area contributed by atoms with Crippen LogP contribution in [0.2, 0.25) is 0 Å². The number of hydrogen-bond donors (Lipinski definition) is 1. The monoisotopic (exact) mass is 206 g/mol. The fourth-order valence-corrected chi connectivity index (χ4v) is 2.06. The van der Waals surface area contributed by atoms with Crippen molar-refractivity contribution in [2.24, 2.45) is 0 Å². The molecule has 0 aromatic heterocycles. The molecule has 0 fully saturated rings. The molecule has 0 bridgehead atoms. The normalized spacial score (nSPS) is 23.3. The number of benzene rings is 1. The lowest BCUT2D eigenvalue weighted by Gasteiger charge is -2.11. The zero-order chi connectivity index (χ0) is 11.0. The Kier molecular flexibility index (Phi) is 2.39. The Morgan fingerprint density at radius 3 is 2.93 bits per heavy atom. The van der Waals surface area contributed by atoms with Gasteiger partial charge in [0.15, 0.2) is 0 Å². The highest BCUT2D eigenvalue weighted by Gasteiger charge is 2.32. The molecule has 1 aliphatic heterocycles. The van der Waals surface area contributed by atoms with E-state index in [-0.39, 0.29) is 18.4 Å². The summed E-state index contributed by atoms with van der Waals surface area (Å²) in [6.45, 7) is 3.92. The van der Waals surface area contributed by atoms with Crippen LogP contribution in [0.3, 0.4) is 0 Å². The van der Waals surface area contributed by atoms with Gasteiger partial charge in [-0.15, -0.1) is 0 Å². The Bertz CT molecular complexity index is 398. The smallest absolute Gasteiger partial charge is 0.304 e. The summed E-state index contributed by atoms with van der Waals surface area (Å²) in [5.74, 6) is 0.0431. The van der Waals surface area contributed by atoms with Crippen LogP contribution in [-0.4, -0.2) is 17.2 Å². The molecule has 2 atom stereocenters. The highest BCUT2D eigenvalue weighted by atomic mass is 16.5. The second-order valence-electron chi connectivity index (χ2n) is 4.07. The number of rotatable bonds is 2. The number of hydrogen-bond acceptors (Lipinski definition) is 2. The first kappa shape index (κ1) is 10.0. The Morgan fingerprint density at radius 1 is 1.53 bits per heavy atom. The van der Waals surface area contributed by atoms with Gasteiger partial charge in [0, 0.05) is 11.5 Å². The van der Waals surface area contributed by atoms with E-state index in [2.05, 4.69) is 0 Å². The second-order valence-corrected chi connectivity index (χ2v) is 4.07. The molecule has 2 rings (SSSR count). The average Bonchev–Trinajstić information content (AvgIpc) is 2.43. The molecule has 3 heteroatoms. The fourth-order valence-electron chi connectivity index (χ4n) is 2.06. The SMILES string of the molecule is Cc1ccc2c(c1)C(CC(=O)O)C(C)O2. The molecule has 3 nitrogen and oxygen atoms in total. The van der Waals surface area contributed by atoms with E-state index in [1.165, 1.54) is 0 Å². The predicted octanol–water partition coefficient (Wildman–Crippen LogP) is 2.33. The molecule has 1 N–H and O–H groups in total. The lowest BCUT2D eigenvalue weighted by molar-refractivity contribution is -0.137. The van der Waals surface area contributed by atoms with Crippen LogP contribution < -0.4 is 4.74 Å². The maximum atomic E-state index is 10.7. The molecule has 1 aromatic rings. The minimum Gasteiger partial charge on any atom is -0.490 e. The fraction of sp³-hybridized carbons (Fsp3) is 0.417. The van der Waals surface area contributed by atoms with E-state index in [1.807, 2.05) is 32.0 Å². The van der Waals surface area contributed by atoms with Crippen LogP contribution in [-0.2, 0) is 4.79 Å². The molecule has 2 unspecified atom stereocenters. The Labute approximate surface area is 88.7 Å². The van der Waals surface area contributed by atoms with Gasteiger partial charge in [0.25, 0.3) is 0 Å². The molecule has 15 heavy (non-hydrogen) atoms. The maximum absolute atomic E-state index is 10.7. The van der Waals surface area contributed by atoms with Gasteiger partial charge in [0.05, 0.1) is 6.42 Å². The van der Waals surface area contributed by atoms with Gasteiger partial charge in [-0.25, -0.2) is 0 Å². The number of carboxylic acid groups (broad SMARTS) is 1. The molecule has 1 aliphatic rings. The number of carbonyl (C=O) groups is 1. The molecule has 0 radical (unpaired) electrons. The van der Waals surface area contributed by atoms with Crippen molar-refractivity contribution in [1.82, 2.24) is 0 Å². The summed E-state index contributed by atoms with van der Waals surface area (Å²) in [6, 6.07) is 5.92. The van der Waals surface area contributed by atoms with E-state index in [0.717, 1.165) is 16.9 Å². The summed E-state index contributed by atoms with van der Waals surface area (Å²) in [5.41, 5.74) is 2.17. The minimum atomic E-state index is -0.773. The van der Waals surface area contributed by atoms with Gasteiger partial charge in [-0.1, -0.05) is 17.7 Å². The van der Waals surface area contributed by atoms with Crippen molar-refractivity contribution in [3.05, 3.63) is 29.3 Å². The van der Waals surface area contributed by atoms with Crippen molar-refractivity contribution in [3.63, 3.8) is 0 Å². The lowest BCUT2D eigenvalue weighted by Crippen LogP contribution is -2.17. The highest BCUT2D eigenvalue weighted by molar-refractivity contribution is 5.69. The van der Waals surface area contributed by atoms with Gasteiger partial charge >= 0.3 is 5.97 Å². The van der Waals surface area contributed by atoms with Gasteiger partial charge < -0.3 is 9.84 Å². The van der Waals surface area contributed by atoms with Crippen molar-refractivity contribution < 1.29 is 14.6 Å². The molecule has 1 heterocycles. The highest BCUT2D eigenvalue weighted by Crippen LogP contribution is 2.40. The molecule has 1 aromatic carbocycles. The molecule has 0 saturated carbocycles. The number of aliphatic carboxylic acids is 1. The second kappa shape index (κ2) is 3.57. The lowest BCUT2D eigenvalue weighted by atomic mass is 9.92. The number of aryl methyl sites for hydroxylation is 1. The Hall–Kier alpha value is -1.51. The quantitative estimate of drug-likeness (QED) is 0.807. The third-order valence-electron chi connectivity index (χ3n) is 2.84. The predicted molar refractivity (Wildman–Crippen MR) is 56.3 cm³/mol. The van der Waals surface area contributed by atoms with Gasteiger partial charge in [-0.3, -0.25) is 4.79 Å². The first-order valence-electron chi connectivity index (χ1n) is 5.07. The third-order valence-corrected chi connectivity index (χ3v) is 2.84. The van der Waals surface area contributed by atoms with Crippen LogP contribution in [0.25, 0.3) is 0 Å². The molecular formula is C12H14O3. The van der Waals surface area contributed by atoms with Gasteiger partial charge in [-0.2, -0.15) is 0 Å². The summed E-state index contributed by atoms with van der Waals surface area (Å²) < 4.78 is 5.61. The zero-order valence-electron chi connectivity index (χ0n) is 8.86. The van der Waals surface area contributed by atoms with Crippen LogP contribution >= 0.6 is 0 Å². The third kappa shape index (κ3) is 1.82. The molecule has 0 aliphatic carbocycles. The summed E-state index contributed by atoms with van der Waals surface area (Å²) in [5, 5.41) is 8.83. The van der Waals surface area contributed by atoms with Crippen LogP contribution in [0.1, 0.15) is 30.4 Å². The topological polar surface area (TPSA) is 46.5 Å². The minimum absolute atomic E-state index is 0.0163. The van der Waals surface area contributed by atoms with Crippen LogP contribution in [0, 0.1) is 6.92 Å².